The zero-order valence-electron chi connectivity index (χ0n) is 20.6. The summed E-state index contributed by atoms with van der Waals surface area (Å²) in [4.78, 5) is 25.2. The Hall–Kier alpha value is -4.49. The lowest BCUT2D eigenvalue weighted by Crippen LogP contribution is -2.28. The zero-order valence-corrected chi connectivity index (χ0v) is 20.6. The minimum absolute atomic E-state index is 0.0931. The third-order valence-electron chi connectivity index (χ3n) is 6.48. The fourth-order valence-electron chi connectivity index (χ4n) is 3.64. The summed E-state index contributed by atoms with van der Waals surface area (Å²) in [5, 5.41) is 8.96. The summed E-state index contributed by atoms with van der Waals surface area (Å²) in [6.07, 6.45) is 0.680. The molecule has 0 radical (unpaired) electrons. The first-order valence-electron chi connectivity index (χ1n) is 11.9. The van der Waals surface area contributed by atoms with Crippen molar-refractivity contribution in [3.63, 3.8) is 0 Å². The molecule has 4 rings (SSSR count). The number of ketones is 1. The molecule has 0 fully saturated rings. The molecule has 4 nitrogen and oxygen atoms in total. The van der Waals surface area contributed by atoms with Gasteiger partial charge in [0.2, 0.25) is 0 Å². The first-order chi connectivity index (χ1) is 17.3. The van der Waals surface area contributed by atoms with E-state index in [-0.39, 0.29) is 11.8 Å². The molecule has 0 N–H and O–H groups in total. The van der Waals surface area contributed by atoms with E-state index in [2.05, 4.69) is 6.07 Å². The molecule has 0 heterocycles. The molecule has 0 amide bonds. The summed E-state index contributed by atoms with van der Waals surface area (Å²) in [6, 6.07) is 32.0. The molecule has 0 spiro atoms. The predicted molar refractivity (Wildman–Crippen MR) is 142 cm³/mol. The van der Waals surface area contributed by atoms with Gasteiger partial charge in [0, 0.05) is 11.1 Å². The second-order valence-corrected chi connectivity index (χ2v) is 9.32. The Morgan fingerprint density at radius 2 is 1.08 bits per heavy atom. The van der Waals surface area contributed by atoms with E-state index in [1.807, 2.05) is 93.6 Å². The average molecular weight is 474 g/mol. The third kappa shape index (κ3) is 5.42. The normalized spacial score (nSPS) is 10.9. The number of ether oxygens (including phenoxy) is 1. The van der Waals surface area contributed by atoms with E-state index in [4.69, 9.17) is 10.00 Å². The van der Waals surface area contributed by atoms with E-state index in [0.717, 1.165) is 22.3 Å². The maximum Gasteiger partial charge on any atom is 0.316 e. The Balaban J connectivity index is 1.44. The lowest BCUT2D eigenvalue weighted by atomic mass is 9.91. The van der Waals surface area contributed by atoms with Crippen LogP contribution in [0.1, 0.15) is 48.7 Å². The first kappa shape index (κ1) is 24.6. The van der Waals surface area contributed by atoms with Crippen LogP contribution in [0.3, 0.4) is 0 Å². The van der Waals surface area contributed by atoms with E-state index in [1.54, 1.807) is 24.3 Å². The van der Waals surface area contributed by atoms with Crippen molar-refractivity contribution in [3.8, 4) is 34.1 Å². The van der Waals surface area contributed by atoms with Crippen LogP contribution in [-0.2, 0) is 4.79 Å². The van der Waals surface area contributed by atoms with Gasteiger partial charge in [-0.15, -0.1) is 0 Å². The van der Waals surface area contributed by atoms with Gasteiger partial charge in [0.25, 0.3) is 0 Å². The van der Waals surface area contributed by atoms with Crippen LogP contribution in [-0.4, -0.2) is 11.8 Å². The van der Waals surface area contributed by atoms with E-state index in [0.29, 0.717) is 28.9 Å². The van der Waals surface area contributed by atoms with E-state index >= 15 is 0 Å². The summed E-state index contributed by atoms with van der Waals surface area (Å²) in [7, 11) is 0. The smallest absolute Gasteiger partial charge is 0.316 e. The van der Waals surface area contributed by atoms with Gasteiger partial charge in [0.1, 0.15) is 5.75 Å². The molecule has 178 valence electrons. The Morgan fingerprint density at radius 3 is 1.50 bits per heavy atom. The topological polar surface area (TPSA) is 67.2 Å². The van der Waals surface area contributed by atoms with Gasteiger partial charge in [-0.2, -0.15) is 5.26 Å². The molecular formula is C32H27NO3. The predicted octanol–water partition coefficient (Wildman–Crippen LogP) is 7.46. The molecule has 0 saturated heterocycles. The minimum atomic E-state index is -0.555. The lowest BCUT2D eigenvalue weighted by Gasteiger charge is -2.20. The van der Waals surface area contributed by atoms with Gasteiger partial charge in [0.05, 0.1) is 17.0 Å². The molecule has 36 heavy (non-hydrogen) atoms. The van der Waals surface area contributed by atoms with Crippen LogP contribution >= 0.6 is 0 Å². The molecule has 0 aliphatic heterocycles. The maximum absolute atomic E-state index is 13.0. The summed E-state index contributed by atoms with van der Waals surface area (Å²) in [5.41, 5.74) is 5.39. The van der Waals surface area contributed by atoms with Crippen LogP contribution in [0.15, 0.2) is 97.1 Å². The van der Waals surface area contributed by atoms with Crippen LogP contribution in [0.2, 0.25) is 0 Å². The van der Waals surface area contributed by atoms with Crippen LogP contribution in [0.5, 0.6) is 5.75 Å². The van der Waals surface area contributed by atoms with Crippen molar-refractivity contribution >= 4 is 11.8 Å². The Morgan fingerprint density at radius 1 is 0.694 bits per heavy atom. The second-order valence-electron chi connectivity index (χ2n) is 9.32. The number of benzene rings is 4. The number of carbonyl (C=O) groups excluding carboxylic acids is 2. The average Bonchev–Trinajstić information content (AvgIpc) is 2.93. The van der Waals surface area contributed by atoms with Crippen LogP contribution in [0.25, 0.3) is 22.3 Å². The molecule has 4 aromatic rings. The highest BCUT2D eigenvalue weighted by atomic mass is 16.5. The third-order valence-corrected chi connectivity index (χ3v) is 6.48. The van der Waals surface area contributed by atoms with Crippen molar-refractivity contribution in [1.82, 2.24) is 0 Å². The van der Waals surface area contributed by atoms with Gasteiger partial charge in [0.15, 0.2) is 5.78 Å². The summed E-state index contributed by atoms with van der Waals surface area (Å²) in [5.74, 6) is 0.0481. The van der Waals surface area contributed by atoms with Crippen LogP contribution in [0, 0.1) is 16.7 Å². The van der Waals surface area contributed by atoms with Gasteiger partial charge in [-0.05, 0) is 78.9 Å². The molecule has 4 aromatic carbocycles. The van der Waals surface area contributed by atoms with Crippen molar-refractivity contribution in [3.05, 3.63) is 114 Å². The highest BCUT2D eigenvalue weighted by Gasteiger charge is 2.27. The number of hydrogen-bond donors (Lipinski definition) is 0. The van der Waals surface area contributed by atoms with Gasteiger partial charge < -0.3 is 4.74 Å². The minimum Gasteiger partial charge on any atom is -0.426 e. The molecule has 0 bridgehead atoms. The fourth-order valence-corrected chi connectivity index (χ4v) is 3.64. The Bertz CT molecular complexity index is 1410. The second kappa shape index (κ2) is 10.4. The zero-order chi connectivity index (χ0) is 25.7. The summed E-state index contributed by atoms with van der Waals surface area (Å²) >= 11 is 0. The summed E-state index contributed by atoms with van der Waals surface area (Å²) in [6.45, 7) is 5.64. The lowest BCUT2D eigenvalue weighted by molar-refractivity contribution is -0.144. The number of esters is 1. The number of nitrogens with zero attached hydrogens (tertiary/aromatic N) is 1. The summed E-state index contributed by atoms with van der Waals surface area (Å²) < 4.78 is 5.46. The van der Waals surface area contributed by atoms with Gasteiger partial charge in [-0.25, -0.2) is 0 Å². The van der Waals surface area contributed by atoms with Gasteiger partial charge in [-0.1, -0.05) is 67.6 Å². The number of rotatable bonds is 7. The van der Waals surface area contributed by atoms with Crippen molar-refractivity contribution in [1.29, 1.82) is 5.26 Å². The molecule has 0 saturated carbocycles. The van der Waals surface area contributed by atoms with Crippen molar-refractivity contribution < 1.29 is 14.3 Å². The highest BCUT2D eigenvalue weighted by molar-refractivity contribution is 6.09. The standard InChI is InChI=1S/C32H27NO3/c1-4-32(2,3)31(35)36-29-19-17-28(18-20-29)30(34)27-15-13-26(14-16-27)25-11-9-24(10-12-25)23-7-5-22(21-33)6-8-23/h5-20H,4H2,1-3H3. The molecule has 0 aliphatic carbocycles. The number of carbonyl (C=O) groups is 2. The Kier molecular flexibility index (Phi) is 7.12. The van der Waals surface area contributed by atoms with Crippen LogP contribution in [0.4, 0.5) is 0 Å². The SMILES string of the molecule is CCC(C)(C)C(=O)Oc1ccc(C(=O)c2ccc(-c3ccc(-c4ccc(C#N)cc4)cc3)cc2)cc1. The largest absolute Gasteiger partial charge is 0.426 e. The van der Waals surface area contributed by atoms with Crippen molar-refractivity contribution in [2.45, 2.75) is 27.2 Å². The van der Waals surface area contributed by atoms with E-state index < -0.39 is 5.41 Å². The van der Waals surface area contributed by atoms with Gasteiger partial charge >= 0.3 is 5.97 Å². The van der Waals surface area contributed by atoms with Crippen LogP contribution < -0.4 is 4.74 Å². The number of hydrogen-bond acceptors (Lipinski definition) is 4. The monoisotopic (exact) mass is 473 g/mol. The highest BCUT2D eigenvalue weighted by Crippen LogP contribution is 2.27. The molecule has 0 atom stereocenters. The van der Waals surface area contributed by atoms with Gasteiger partial charge in [-0.3, -0.25) is 9.59 Å². The molecule has 4 heteroatoms. The molecule has 0 aromatic heterocycles. The molecular weight excluding hydrogens is 446 g/mol. The van der Waals surface area contributed by atoms with E-state index in [1.165, 1.54) is 0 Å². The molecule has 0 aliphatic rings. The Labute approximate surface area is 211 Å². The van der Waals surface area contributed by atoms with Crippen molar-refractivity contribution in [2.24, 2.45) is 5.41 Å². The quantitative estimate of drug-likeness (QED) is 0.159. The van der Waals surface area contributed by atoms with Crippen molar-refractivity contribution in [2.75, 3.05) is 0 Å². The maximum atomic E-state index is 13.0. The number of nitriles is 1. The first-order valence-corrected chi connectivity index (χ1v) is 11.9. The molecule has 0 unspecified atom stereocenters. The fraction of sp³-hybridized carbons (Fsp3) is 0.156. The van der Waals surface area contributed by atoms with E-state index in [9.17, 15) is 9.59 Å².